The highest BCUT2D eigenvalue weighted by Gasteiger charge is 2.53. The summed E-state index contributed by atoms with van der Waals surface area (Å²) in [6.07, 6.45) is 0.285. The Morgan fingerprint density at radius 2 is 2.00 bits per heavy atom. The number of carboxylic acids is 1. The van der Waals surface area contributed by atoms with Crippen LogP contribution in [0.25, 0.3) is 11.1 Å². The van der Waals surface area contributed by atoms with Gasteiger partial charge in [-0.15, -0.1) is 11.3 Å². The maximum atomic E-state index is 13.0. The molecule has 7 nitrogen and oxygen atoms in total. The van der Waals surface area contributed by atoms with Crippen molar-refractivity contribution in [2.75, 3.05) is 11.9 Å². The second-order valence-corrected chi connectivity index (χ2v) is 9.03. The molecule has 9 heteroatoms. The summed E-state index contributed by atoms with van der Waals surface area (Å²) in [7, 11) is 0. The van der Waals surface area contributed by atoms with Gasteiger partial charge in [-0.05, 0) is 37.5 Å². The number of carbonyl (C=O) groups excluding carboxylic acids is 3. The van der Waals surface area contributed by atoms with Crippen molar-refractivity contribution in [2.45, 2.75) is 32.0 Å². The quantitative estimate of drug-likeness (QED) is 0.621. The third kappa shape index (κ3) is 3.77. The minimum absolute atomic E-state index is 0.187. The molecule has 30 heavy (non-hydrogen) atoms. The van der Waals surface area contributed by atoms with E-state index in [-0.39, 0.29) is 12.2 Å². The second kappa shape index (κ2) is 8.49. The summed E-state index contributed by atoms with van der Waals surface area (Å²) >= 11 is 4.62. The van der Waals surface area contributed by atoms with Gasteiger partial charge in [-0.1, -0.05) is 28.1 Å². The van der Waals surface area contributed by atoms with E-state index in [0.29, 0.717) is 23.4 Å². The van der Waals surface area contributed by atoms with Crippen molar-refractivity contribution >= 4 is 50.1 Å². The van der Waals surface area contributed by atoms with Crippen LogP contribution in [-0.4, -0.2) is 36.7 Å². The molecule has 1 amide bonds. The average molecular weight is 493 g/mol. The van der Waals surface area contributed by atoms with Crippen LogP contribution < -0.4 is 10.4 Å². The molecule has 2 fully saturated rings. The standard InChI is InChI=1S/C21H20BrNO6S/c1-2-28-21(27)15-12(10-4-3-5-11(22)8-10)9-30-19(15)23-18(24)16-13-6-7-14(29-13)17(16)20(25)26/h3-5,8-9,13-14,16-17H,2,6-7H2,1H3,(H,23,24)(H,25,26)/p-1/t13-,14+,16-,17-/m0/s1. The molecule has 1 aromatic carbocycles. The highest BCUT2D eigenvalue weighted by atomic mass is 79.9. The molecule has 0 aliphatic carbocycles. The van der Waals surface area contributed by atoms with Gasteiger partial charge in [0.2, 0.25) is 5.91 Å². The van der Waals surface area contributed by atoms with Crippen LogP contribution in [0.15, 0.2) is 34.1 Å². The van der Waals surface area contributed by atoms with Gasteiger partial charge in [0.15, 0.2) is 0 Å². The van der Waals surface area contributed by atoms with Gasteiger partial charge in [0.05, 0.1) is 24.7 Å². The molecule has 4 rings (SSSR count). The normalized spacial score (nSPS) is 24.6. The number of thiophene rings is 1. The van der Waals surface area contributed by atoms with E-state index in [0.717, 1.165) is 10.0 Å². The van der Waals surface area contributed by atoms with Crippen LogP contribution in [-0.2, 0) is 19.1 Å². The summed E-state index contributed by atoms with van der Waals surface area (Å²) in [5.41, 5.74) is 1.68. The summed E-state index contributed by atoms with van der Waals surface area (Å²) in [6, 6.07) is 7.45. The van der Waals surface area contributed by atoms with Gasteiger partial charge in [-0.25, -0.2) is 4.79 Å². The average Bonchev–Trinajstić information content (AvgIpc) is 3.42. The monoisotopic (exact) mass is 492 g/mol. The summed E-state index contributed by atoms with van der Waals surface area (Å²) in [5, 5.41) is 16.5. The number of amides is 1. The summed E-state index contributed by atoms with van der Waals surface area (Å²) in [6.45, 7) is 1.89. The van der Waals surface area contributed by atoms with Crippen LogP contribution in [0.3, 0.4) is 0 Å². The Bertz CT molecular complexity index is 1010. The van der Waals surface area contributed by atoms with Crippen LogP contribution in [0.1, 0.15) is 30.1 Å². The van der Waals surface area contributed by atoms with Crippen molar-refractivity contribution in [1.29, 1.82) is 0 Å². The molecule has 1 aromatic heterocycles. The topological polar surface area (TPSA) is 105 Å². The Balaban J connectivity index is 1.66. The van der Waals surface area contributed by atoms with Gasteiger partial charge in [-0.3, -0.25) is 4.79 Å². The zero-order valence-electron chi connectivity index (χ0n) is 16.1. The van der Waals surface area contributed by atoms with Crippen LogP contribution >= 0.6 is 27.3 Å². The van der Waals surface area contributed by atoms with Gasteiger partial charge in [0.25, 0.3) is 0 Å². The Kier molecular flexibility index (Phi) is 5.95. The minimum atomic E-state index is -1.28. The van der Waals surface area contributed by atoms with Crippen LogP contribution in [0, 0.1) is 11.8 Å². The summed E-state index contributed by atoms with van der Waals surface area (Å²) in [4.78, 5) is 37.3. The molecule has 0 spiro atoms. The number of anilines is 1. The van der Waals surface area contributed by atoms with Crippen molar-refractivity contribution < 1.29 is 29.0 Å². The number of benzene rings is 1. The molecule has 2 aliphatic heterocycles. The number of rotatable bonds is 6. The second-order valence-electron chi connectivity index (χ2n) is 7.23. The number of ether oxygens (including phenoxy) is 2. The lowest BCUT2D eigenvalue weighted by Gasteiger charge is -2.27. The van der Waals surface area contributed by atoms with Crippen molar-refractivity contribution in [3.63, 3.8) is 0 Å². The number of nitrogens with one attached hydrogen (secondary N) is 1. The first kappa shape index (κ1) is 21.0. The largest absolute Gasteiger partial charge is 0.550 e. The maximum absolute atomic E-state index is 13.0. The third-order valence-corrected chi connectivity index (χ3v) is 6.88. The molecular formula is C21H19BrNO6S-. The molecular weight excluding hydrogens is 474 g/mol. The van der Waals surface area contributed by atoms with E-state index in [1.54, 1.807) is 12.3 Å². The number of carbonyl (C=O) groups is 3. The fourth-order valence-corrected chi connectivity index (χ4v) is 5.59. The van der Waals surface area contributed by atoms with Crippen molar-refractivity contribution in [2.24, 2.45) is 11.8 Å². The fourth-order valence-electron chi connectivity index (χ4n) is 4.23. The number of esters is 1. The molecule has 0 saturated carbocycles. The Morgan fingerprint density at radius 1 is 1.27 bits per heavy atom. The first-order valence-corrected chi connectivity index (χ1v) is 11.3. The van der Waals surface area contributed by atoms with Crippen LogP contribution in [0.2, 0.25) is 0 Å². The maximum Gasteiger partial charge on any atom is 0.341 e. The number of hydrogen-bond donors (Lipinski definition) is 1. The van der Waals surface area contributed by atoms with E-state index in [1.807, 2.05) is 24.3 Å². The van der Waals surface area contributed by atoms with Gasteiger partial charge >= 0.3 is 5.97 Å². The number of hydrogen-bond acceptors (Lipinski definition) is 7. The van der Waals surface area contributed by atoms with Gasteiger partial charge in [-0.2, -0.15) is 0 Å². The van der Waals surface area contributed by atoms with E-state index in [1.165, 1.54) is 11.3 Å². The van der Waals surface area contributed by atoms with Gasteiger partial charge in [0, 0.05) is 27.3 Å². The lowest BCUT2D eigenvalue weighted by atomic mass is 9.79. The molecule has 3 heterocycles. The zero-order valence-corrected chi connectivity index (χ0v) is 18.5. The van der Waals surface area contributed by atoms with E-state index < -0.39 is 41.9 Å². The first-order chi connectivity index (χ1) is 14.4. The first-order valence-electron chi connectivity index (χ1n) is 9.62. The molecule has 4 atom stereocenters. The SMILES string of the molecule is CCOC(=O)c1c(-c2cccc(Br)c2)csc1NC(=O)[C@@H]1[C@@H](C(=O)[O-])[C@H]2CC[C@@H]1O2. The Labute approximate surface area is 185 Å². The smallest absolute Gasteiger partial charge is 0.341 e. The van der Waals surface area contributed by atoms with E-state index in [2.05, 4.69) is 21.2 Å². The number of carboxylic acid groups (broad SMARTS) is 1. The Morgan fingerprint density at radius 3 is 2.67 bits per heavy atom. The number of halogens is 1. The van der Waals surface area contributed by atoms with Crippen LogP contribution in [0.5, 0.6) is 0 Å². The van der Waals surface area contributed by atoms with Gasteiger partial charge < -0.3 is 24.7 Å². The molecule has 1 N–H and O–H groups in total. The van der Waals surface area contributed by atoms with Crippen molar-refractivity contribution in [3.8, 4) is 11.1 Å². The molecule has 0 unspecified atom stereocenters. The summed E-state index contributed by atoms with van der Waals surface area (Å²) < 4.78 is 11.7. The lowest BCUT2D eigenvalue weighted by molar-refractivity contribution is -0.313. The third-order valence-electron chi connectivity index (χ3n) is 5.49. The van der Waals surface area contributed by atoms with Crippen LogP contribution in [0.4, 0.5) is 5.00 Å². The molecule has 2 aliphatic rings. The minimum Gasteiger partial charge on any atom is -0.550 e. The molecule has 2 aromatic rings. The molecule has 0 radical (unpaired) electrons. The number of fused-ring (bicyclic) bond motifs is 2. The summed E-state index contributed by atoms with van der Waals surface area (Å²) in [5.74, 6) is -4.15. The van der Waals surface area contributed by atoms with E-state index >= 15 is 0 Å². The molecule has 2 saturated heterocycles. The highest BCUT2D eigenvalue weighted by molar-refractivity contribution is 9.10. The molecule has 158 valence electrons. The van der Waals surface area contributed by atoms with Crippen molar-refractivity contribution in [1.82, 2.24) is 0 Å². The van der Waals surface area contributed by atoms with E-state index in [4.69, 9.17) is 9.47 Å². The molecule has 2 bridgehead atoms. The number of aliphatic carboxylic acids is 1. The van der Waals surface area contributed by atoms with Gasteiger partial charge in [0.1, 0.15) is 10.6 Å². The Hall–Kier alpha value is -2.23. The highest BCUT2D eigenvalue weighted by Crippen LogP contribution is 2.44. The predicted molar refractivity (Wildman–Crippen MR) is 112 cm³/mol. The fraction of sp³-hybridized carbons (Fsp3) is 0.381. The van der Waals surface area contributed by atoms with E-state index in [9.17, 15) is 19.5 Å². The zero-order chi connectivity index (χ0) is 21.4. The van der Waals surface area contributed by atoms with Crippen molar-refractivity contribution in [3.05, 3.63) is 39.7 Å². The predicted octanol–water partition coefficient (Wildman–Crippen LogP) is 2.84. The lowest BCUT2D eigenvalue weighted by Crippen LogP contribution is -2.46.